The van der Waals surface area contributed by atoms with Crippen LogP contribution >= 0.6 is 9.24 Å². The first kappa shape index (κ1) is 55.5. The topological polar surface area (TPSA) is 36.9 Å². The Hall–Kier alpha value is -0.626. The zero-order valence-electron chi connectivity index (χ0n) is 39.3. The van der Waals surface area contributed by atoms with Crippen LogP contribution in [0.2, 0.25) is 68.5 Å². The van der Waals surface area contributed by atoms with Crippen molar-refractivity contribution in [1.82, 2.24) is 0 Å². The smallest absolute Gasteiger partial charge is 0.388 e. The number of hydrogen-bond acceptors (Lipinski definition) is 4. The SMILES string of the molecule is CCC(C)(O[Si](CCC(F)(F)F)(CCC(F)(F)F)C(C)(CC)C(C)O[Si](CCc1ccccc1)(CCc1ccccc1)C(C)(P)O[Si](C)(C)C(C)(CC)O[SiH](C)C)[SiH](C)C. The molecule has 16 heteroatoms. The highest BCUT2D eigenvalue weighted by Crippen LogP contribution is 2.57. The zero-order chi connectivity index (χ0) is 46.1. The van der Waals surface area contributed by atoms with Gasteiger partial charge in [0.15, 0.2) is 9.04 Å². The molecule has 0 aliphatic rings. The molecule has 0 saturated heterocycles. The van der Waals surface area contributed by atoms with E-state index in [9.17, 15) is 26.3 Å². The summed E-state index contributed by atoms with van der Waals surface area (Å²) in [4.78, 5) is -0.931. The Morgan fingerprint density at radius 2 is 1.07 bits per heavy atom. The van der Waals surface area contributed by atoms with Crippen LogP contribution in [0.3, 0.4) is 0 Å². The van der Waals surface area contributed by atoms with Gasteiger partial charge in [0.1, 0.15) is 0 Å². The standard InChI is InChI=1S/C44H79F6O4PSi5/c1-15-39(5,59(34-30-43(45,46)47,35-31-44(48,49)50)53-40(6,16-2)56(9)10)36(4)51-60(32-28-37-24-20-18-21-25-37,33-29-38-26-22-19-23-27-38)42(8,55)54-58(13,14)41(7,17-3)52-57(11)12/h18-27,36,56-57H,15-17,28-35,55H2,1-14H3. The first-order valence-corrected chi connectivity index (χ1v) is 36.0. The van der Waals surface area contributed by atoms with Gasteiger partial charge in [-0.2, -0.15) is 26.3 Å². The lowest BCUT2D eigenvalue weighted by Crippen LogP contribution is -2.68. The summed E-state index contributed by atoms with van der Waals surface area (Å²) >= 11 is 0. The van der Waals surface area contributed by atoms with Crippen molar-refractivity contribution in [1.29, 1.82) is 0 Å². The first-order valence-electron chi connectivity index (χ1n) is 22.2. The highest BCUT2D eigenvalue weighted by molar-refractivity contribution is 7.26. The molecular formula is C44H79F6O4PSi5. The highest BCUT2D eigenvalue weighted by atomic mass is 31.0. The number of halogens is 6. The summed E-state index contributed by atoms with van der Waals surface area (Å²) in [5, 5.41) is -2.46. The van der Waals surface area contributed by atoms with Crippen molar-refractivity contribution in [2.24, 2.45) is 0 Å². The summed E-state index contributed by atoms with van der Waals surface area (Å²) in [6.45, 7) is 28.8. The third-order valence-electron chi connectivity index (χ3n) is 14.2. The summed E-state index contributed by atoms with van der Waals surface area (Å²) in [5.74, 6) is 0. The molecule has 2 aromatic rings. The minimum atomic E-state index is -4.57. The first-order chi connectivity index (χ1) is 27.4. The quantitative estimate of drug-likeness (QED) is 0.0535. The highest BCUT2D eigenvalue weighted by Gasteiger charge is 2.62. The Labute approximate surface area is 369 Å². The van der Waals surface area contributed by atoms with Crippen molar-refractivity contribution in [2.75, 3.05) is 0 Å². The fraction of sp³-hybridized carbons (Fsp3) is 0.727. The number of benzene rings is 2. The third-order valence-corrected chi connectivity index (χ3v) is 35.4. The predicted octanol–water partition coefficient (Wildman–Crippen LogP) is 14.1. The van der Waals surface area contributed by atoms with E-state index in [-0.39, 0.29) is 0 Å². The monoisotopic (exact) mass is 956 g/mol. The van der Waals surface area contributed by atoms with Gasteiger partial charge >= 0.3 is 12.4 Å². The van der Waals surface area contributed by atoms with Gasteiger partial charge in [0.2, 0.25) is 25.0 Å². The van der Waals surface area contributed by atoms with Crippen molar-refractivity contribution in [3.8, 4) is 0 Å². The maximum Gasteiger partial charge on any atom is 0.388 e. The molecule has 0 amide bonds. The summed E-state index contributed by atoms with van der Waals surface area (Å²) in [5.41, 5.74) is 2.24. The minimum Gasteiger partial charge on any atom is -0.415 e. The number of aryl methyl sites for hydroxylation is 2. The van der Waals surface area contributed by atoms with Crippen LogP contribution in [0.1, 0.15) is 98.6 Å². The van der Waals surface area contributed by atoms with E-state index in [1.165, 1.54) is 0 Å². The van der Waals surface area contributed by atoms with Gasteiger partial charge in [-0.1, -0.05) is 101 Å². The Balaban J connectivity index is 3.05. The number of rotatable bonds is 26. The second-order valence-electron chi connectivity index (χ2n) is 19.1. The molecule has 0 saturated carbocycles. The van der Waals surface area contributed by atoms with E-state index in [1.54, 1.807) is 0 Å². The van der Waals surface area contributed by atoms with Crippen molar-refractivity contribution < 1.29 is 44.0 Å². The molecule has 0 aliphatic carbocycles. The Morgan fingerprint density at radius 1 is 0.633 bits per heavy atom. The fourth-order valence-corrected chi connectivity index (χ4v) is 29.7. The van der Waals surface area contributed by atoms with Crippen molar-refractivity contribution >= 4 is 52.0 Å². The lowest BCUT2D eigenvalue weighted by Gasteiger charge is -2.57. The van der Waals surface area contributed by atoms with Gasteiger partial charge in [-0.15, -0.1) is 9.24 Å². The molecule has 346 valence electrons. The van der Waals surface area contributed by atoms with Gasteiger partial charge in [-0.25, -0.2) is 0 Å². The molecular weight excluding hydrogens is 878 g/mol. The van der Waals surface area contributed by atoms with E-state index < -0.39 is 107 Å². The summed E-state index contributed by atoms with van der Waals surface area (Å²) in [6.07, 6.45) is -9.42. The Kier molecular flexibility index (Phi) is 20.4. The van der Waals surface area contributed by atoms with Crippen LogP contribution in [0.15, 0.2) is 60.7 Å². The predicted molar refractivity (Wildman–Crippen MR) is 256 cm³/mol. The van der Waals surface area contributed by atoms with Crippen molar-refractivity contribution in [3.05, 3.63) is 71.8 Å². The van der Waals surface area contributed by atoms with Crippen LogP contribution in [-0.2, 0) is 30.5 Å². The average Bonchev–Trinajstić information content (AvgIpc) is 3.15. The van der Waals surface area contributed by atoms with Crippen molar-refractivity contribution in [3.63, 3.8) is 0 Å². The Bertz CT molecular complexity index is 1510. The molecule has 0 N–H and O–H groups in total. The lowest BCUT2D eigenvalue weighted by molar-refractivity contribution is -0.133. The summed E-state index contributed by atoms with van der Waals surface area (Å²) in [6, 6.07) is 20.6. The molecule has 6 atom stereocenters. The van der Waals surface area contributed by atoms with E-state index in [2.05, 4.69) is 93.6 Å². The largest absolute Gasteiger partial charge is 0.415 e. The molecule has 0 spiro atoms. The molecule has 6 unspecified atom stereocenters. The van der Waals surface area contributed by atoms with Crippen LogP contribution in [0.4, 0.5) is 26.3 Å². The molecule has 2 aromatic carbocycles. The van der Waals surface area contributed by atoms with E-state index in [0.717, 1.165) is 17.5 Å². The average molecular weight is 958 g/mol. The second kappa shape index (κ2) is 22.0. The molecule has 0 heterocycles. The van der Waals surface area contributed by atoms with Crippen LogP contribution in [0, 0.1) is 0 Å². The van der Waals surface area contributed by atoms with Crippen LogP contribution in [0.5, 0.6) is 0 Å². The van der Waals surface area contributed by atoms with E-state index in [1.807, 2.05) is 71.0 Å². The van der Waals surface area contributed by atoms with Gasteiger partial charge in [0.05, 0.1) is 19.0 Å². The van der Waals surface area contributed by atoms with Crippen LogP contribution < -0.4 is 0 Å². The molecule has 2 rings (SSSR count). The second-order valence-corrected chi connectivity index (χ2v) is 39.5. The fourth-order valence-electron chi connectivity index (χ4n) is 8.84. The van der Waals surface area contributed by atoms with E-state index in [0.29, 0.717) is 37.8 Å². The maximum absolute atomic E-state index is 14.4. The lowest BCUT2D eigenvalue weighted by atomic mass is 10.0. The van der Waals surface area contributed by atoms with E-state index >= 15 is 0 Å². The molecule has 0 fully saturated rings. The molecule has 60 heavy (non-hydrogen) atoms. The summed E-state index contributed by atoms with van der Waals surface area (Å²) in [7, 11) is -10.4. The van der Waals surface area contributed by atoms with Crippen LogP contribution in [-0.4, -0.2) is 76.7 Å². The van der Waals surface area contributed by atoms with Gasteiger partial charge in [-0.3, -0.25) is 0 Å². The van der Waals surface area contributed by atoms with Gasteiger partial charge in [-0.05, 0) is 121 Å². The molecule has 0 radical (unpaired) electrons. The number of hydrogen-bond donors (Lipinski definition) is 0. The molecule has 0 aromatic heterocycles. The Morgan fingerprint density at radius 3 is 1.40 bits per heavy atom. The molecule has 0 bridgehead atoms. The maximum atomic E-state index is 14.4. The normalized spacial score (nSPS) is 18.2. The third kappa shape index (κ3) is 14.7. The van der Waals surface area contributed by atoms with Gasteiger partial charge in [0.25, 0.3) is 0 Å². The minimum absolute atomic E-state index is 0.298. The van der Waals surface area contributed by atoms with E-state index in [4.69, 9.17) is 17.7 Å². The van der Waals surface area contributed by atoms with Gasteiger partial charge < -0.3 is 17.7 Å². The van der Waals surface area contributed by atoms with Crippen molar-refractivity contribution in [2.45, 2.75) is 203 Å². The van der Waals surface area contributed by atoms with Gasteiger partial charge in [0, 0.05) is 29.2 Å². The molecule has 4 nitrogen and oxygen atoms in total. The zero-order valence-corrected chi connectivity index (χ0v) is 45.7. The number of alkyl halides is 6. The van der Waals surface area contributed by atoms with Crippen LogP contribution in [0.25, 0.3) is 0 Å². The summed E-state index contributed by atoms with van der Waals surface area (Å²) < 4.78 is 116. The molecule has 0 aliphatic heterocycles.